The molecule has 1 saturated carbocycles. The first kappa shape index (κ1) is 16.4. The van der Waals surface area contributed by atoms with Gasteiger partial charge in [-0.15, -0.1) is 0 Å². The molecule has 1 rings (SSSR count). The van der Waals surface area contributed by atoms with Crippen LogP contribution in [0.15, 0.2) is 0 Å². The van der Waals surface area contributed by atoms with Gasteiger partial charge in [-0.3, -0.25) is 9.69 Å². The van der Waals surface area contributed by atoms with Crippen molar-refractivity contribution >= 4 is 5.91 Å². The van der Waals surface area contributed by atoms with E-state index in [1.54, 1.807) is 0 Å². The summed E-state index contributed by atoms with van der Waals surface area (Å²) in [6.45, 7) is 9.52. The highest BCUT2D eigenvalue weighted by molar-refractivity contribution is 5.78. The van der Waals surface area contributed by atoms with E-state index in [0.29, 0.717) is 18.6 Å². The van der Waals surface area contributed by atoms with Crippen LogP contribution in [0, 0.1) is 0 Å². The standard InChI is InChI=1S/C15H31N3O/c1-5-16-13-8-10-14(11-9-13)17(4)12-15(19)18(6-2)7-3/h13-14,16H,5-12H2,1-4H3. The molecule has 0 spiro atoms. The van der Waals surface area contributed by atoms with E-state index in [1.165, 1.54) is 25.7 Å². The molecule has 1 amide bonds. The third kappa shape index (κ3) is 5.11. The van der Waals surface area contributed by atoms with Gasteiger partial charge in [-0.05, 0) is 53.1 Å². The molecule has 0 aromatic carbocycles. The summed E-state index contributed by atoms with van der Waals surface area (Å²) >= 11 is 0. The molecule has 1 aliphatic carbocycles. The fourth-order valence-corrected chi connectivity index (χ4v) is 3.03. The molecule has 1 aliphatic rings. The predicted molar refractivity (Wildman–Crippen MR) is 80.3 cm³/mol. The van der Waals surface area contributed by atoms with E-state index >= 15 is 0 Å². The Kier molecular flexibility index (Phi) is 7.39. The Balaban J connectivity index is 2.34. The average Bonchev–Trinajstić information content (AvgIpc) is 2.41. The summed E-state index contributed by atoms with van der Waals surface area (Å²) in [5, 5.41) is 3.53. The Labute approximate surface area is 118 Å². The molecule has 0 atom stereocenters. The second-order valence-corrected chi connectivity index (χ2v) is 5.54. The van der Waals surface area contributed by atoms with Gasteiger partial charge in [-0.2, -0.15) is 0 Å². The minimum Gasteiger partial charge on any atom is -0.342 e. The smallest absolute Gasteiger partial charge is 0.236 e. The van der Waals surface area contributed by atoms with Crippen molar-refractivity contribution in [3.05, 3.63) is 0 Å². The molecule has 1 N–H and O–H groups in total. The van der Waals surface area contributed by atoms with Crippen molar-refractivity contribution in [3.8, 4) is 0 Å². The summed E-state index contributed by atoms with van der Waals surface area (Å²) in [5.41, 5.74) is 0. The third-order valence-corrected chi connectivity index (χ3v) is 4.31. The quantitative estimate of drug-likeness (QED) is 0.764. The monoisotopic (exact) mass is 269 g/mol. The number of rotatable bonds is 7. The number of amides is 1. The molecule has 112 valence electrons. The molecule has 0 unspecified atom stereocenters. The molecular formula is C15H31N3O. The molecule has 0 radical (unpaired) electrons. The first-order valence-electron chi connectivity index (χ1n) is 7.83. The van der Waals surface area contributed by atoms with Gasteiger partial charge in [-0.1, -0.05) is 6.92 Å². The molecular weight excluding hydrogens is 238 g/mol. The largest absolute Gasteiger partial charge is 0.342 e. The fourth-order valence-electron chi connectivity index (χ4n) is 3.03. The summed E-state index contributed by atoms with van der Waals surface area (Å²) in [7, 11) is 2.10. The van der Waals surface area contributed by atoms with Gasteiger partial charge < -0.3 is 10.2 Å². The first-order chi connectivity index (χ1) is 9.12. The van der Waals surface area contributed by atoms with Crippen molar-refractivity contribution in [2.45, 2.75) is 58.5 Å². The zero-order valence-corrected chi connectivity index (χ0v) is 13.1. The molecule has 1 fully saturated rings. The van der Waals surface area contributed by atoms with Crippen molar-refractivity contribution < 1.29 is 4.79 Å². The highest BCUT2D eigenvalue weighted by Gasteiger charge is 2.25. The SMILES string of the molecule is CCNC1CCC(N(C)CC(=O)N(CC)CC)CC1. The van der Waals surface area contributed by atoms with Crippen molar-refractivity contribution in [1.82, 2.24) is 15.1 Å². The van der Waals surface area contributed by atoms with Gasteiger partial charge >= 0.3 is 0 Å². The highest BCUT2D eigenvalue weighted by Crippen LogP contribution is 2.22. The van der Waals surface area contributed by atoms with Gasteiger partial charge in [0.15, 0.2) is 0 Å². The number of likely N-dealkylation sites (N-methyl/N-ethyl adjacent to an activating group) is 2. The van der Waals surface area contributed by atoms with Crippen LogP contribution >= 0.6 is 0 Å². The van der Waals surface area contributed by atoms with Crippen molar-refractivity contribution in [3.63, 3.8) is 0 Å². The fraction of sp³-hybridized carbons (Fsp3) is 0.933. The summed E-state index contributed by atoms with van der Waals surface area (Å²) in [4.78, 5) is 16.3. The summed E-state index contributed by atoms with van der Waals surface area (Å²) in [6.07, 6.45) is 4.89. The zero-order chi connectivity index (χ0) is 14.3. The molecule has 4 heteroatoms. The Bertz CT molecular complexity index is 258. The lowest BCUT2D eigenvalue weighted by molar-refractivity contribution is -0.132. The molecule has 0 aliphatic heterocycles. The first-order valence-corrected chi connectivity index (χ1v) is 7.83. The number of nitrogens with one attached hydrogen (secondary N) is 1. The minimum atomic E-state index is 0.265. The molecule has 0 aromatic heterocycles. The van der Waals surface area contributed by atoms with Gasteiger partial charge in [0.05, 0.1) is 6.54 Å². The second-order valence-electron chi connectivity index (χ2n) is 5.54. The molecule has 0 saturated heterocycles. The van der Waals surface area contributed by atoms with Gasteiger partial charge in [0.1, 0.15) is 0 Å². The second kappa shape index (κ2) is 8.54. The van der Waals surface area contributed by atoms with Crippen LogP contribution in [0.4, 0.5) is 0 Å². The van der Waals surface area contributed by atoms with Crippen LogP contribution in [0.3, 0.4) is 0 Å². The van der Waals surface area contributed by atoms with Crippen molar-refractivity contribution in [2.24, 2.45) is 0 Å². The van der Waals surface area contributed by atoms with Gasteiger partial charge in [-0.25, -0.2) is 0 Å². The number of carbonyl (C=O) groups excluding carboxylic acids is 1. The third-order valence-electron chi connectivity index (χ3n) is 4.31. The Hall–Kier alpha value is -0.610. The topological polar surface area (TPSA) is 35.6 Å². The predicted octanol–water partition coefficient (Wildman–Crippen LogP) is 1.71. The van der Waals surface area contributed by atoms with Gasteiger partial charge in [0.25, 0.3) is 0 Å². The van der Waals surface area contributed by atoms with Crippen LogP contribution in [0.25, 0.3) is 0 Å². The van der Waals surface area contributed by atoms with Gasteiger partial charge in [0, 0.05) is 25.2 Å². The maximum absolute atomic E-state index is 12.1. The maximum atomic E-state index is 12.1. The Morgan fingerprint density at radius 3 is 2.16 bits per heavy atom. The molecule has 0 aromatic rings. The molecule has 0 bridgehead atoms. The van der Waals surface area contributed by atoms with E-state index in [2.05, 4.69) is 24.2 Å². The van der Waals surface area contributed by atoms with Crippen LogP contribution in [0.1, 0.15) is 46.5 Å². The lowest BCUT2D eigenvalue weighted by Gasteiger charge is -2.35. The number of carbonyl (C=O) groups is 1. The van der Waals surface area contributed by atoms with Crippen molar-refractivity contribution in [1.29, 1.82) is 0 Å². The van der Waals surface area contributed by atoms with E-state index in [9.17, 15) is 4.79 Å². The summed E-state index contributed by atoms with van der Waals surface area (Å²) in [6, 6.07) is 1.27. The van der Waals surface area contributed by atoms with Crippen LogP contribution in [-0.2, 0) is 4.79 Å². The van der Waals surface area contributed by atoms with Crippen molar-refractivity contribution in [2.75, 3.05) is 33.2 Å². The normalized spacial score (nSPS) is 23.6. The Morgan fingerprint density at radius 1 is 1.11 bits per heavy atom. The van der Waals surface area contributed by atoms with E-state index < -0.39 is 0 Å². The molecule has 0 heterocycles. The number of hydrogen-bond donors (Lipinski definition) is 1. The van der Waals surface area contributed by atoms with Crippen LogP contribution in [0.2, 0.25) is 0 Å². The van der Waals surface area contributed by atoms with E-state index in [-0.39, 0.29) is 5.91 Å². The van der Waals surface area contributed by atoms with Crippen LogP contribution in [0.5, 0.6) is 0 Å². The van der Waals surface area contributed by atoms with E-state index in [1.807, 2.05) is 18.7 Å². The lowest BCUT2D eigenvalue weighted by atomic mass is 9.90. The zero-order valence-electron chi connectivity index (χ0n) is 13.1. The highest BCUT2D eigenvalue weighted by atomic mass is 16.2. The minimum absolute atomic E-state index is 0.265. The molecule has 4 nitrogen and oxygen atoms in total. The summed E-state index contributed by atoms with van der Waals surface area (Å²) < 4.78 is 0. The number of nitrogens with zero attached hydrogens (tertiary/aromatic N) is 2. The van der Waals surface area contributed by atoms with Crippen LogP contribution < -0.4 is 5.32 Å². The number of hydrogen-bond acceptors (Lipinski definition) is 3. The lowest BCUT2D eigenvalue weighted by Crippen LogP contribution is -2.45. The van der Waals surface area contributed by atoms with Gasteiger partial charge in [0.2, 0.25) is 5.91 Å². The molecule has 19 heavy (non-hydrogen) atoms. The summed E-state index contributed by atoms with van der Waals surface area (Å²) in [5.74, 6) is 0.265. The van der Waals surface area contributed by atoms with Crippen LogP contribution in [-0.4, -0.2) is 61.0 Å². The van der Waals surface area contributed by atoms with E-state index in [0.717, 1.165) is 19.6 Å². The van der Waals surface area contributed by atoms with E-state index in [4.69, 9.17) is 0 Å². The maximum Gasteiger partial charge on any atom is 0.236 e. The Morgan fingerprint density at radius 2 is 1.68 bits per heavy atom. The average molecular weight is 269 g/mol.